The van der Waals surface area contributed by atoms with Crippen LogP contribution >= 0.6 is 23.2 Å². The van der Waals surface area contributed by atoms with Gasteiger partial charge in [0.15, 0.2) is 0 Å². The lowest BCUT2D eigenvalue weighted by Gasteiger charge is -2.18. The second kappa shape index (κ2) is 6.37. The summed E-state index contributed by atoms with van der Waals surface area (Å²) < 4.78 is 0. The van der Waals surface area contributed by atoms with Crippen molar-refractivity contribution in [2.24, 2.45) is 0 Å². The first-order valence-corrected chi connectivity index (χ1v) is 6.13. The lowest BCUT2D eigenvalue weighted by atomic mass is 10.0. The fourth-order valence-corrected chi connectivity index (χ4v) is 2.02. The molecular weight excluding hydrogens is 229 g/mol. The van der Waals surface area contributed by atoms with Crippen molar-refractivity contribution in [3.63, 3.8) is 0 Å². The Balaban J connectivity index is 2.86. The zero-order valence-electron chi connectivity index (χ0n) is 9.19. The molecule has 0 amide bonds. The van der Waals surface area contributed by atoms with E-state index < -0.39 is 0 Å². The van der Waals surface area contributed by atoms with Crippen LogP contribution in [-0.2, 0) is 0 Å². The van der Waals surface area contributed by atoms with Crippen LogP contribution in [0.2, 0.25) is 10.0 Å². The average Bonchev–Trinajstić information content (AvgIpc) is 2.25. The summed E-state index contributed by atoms with van der Waals surface area (Å²) in [6.07, 6.45) is 2.13. The largest absolute Gasteiger partial charge is 0.310 e. The first kappa shape index (κ1) is 12.8. The highest BCUT2D eigenvalue weighted by atomic mass is 35.5. The summed E-state index contributed by atoms with van der Waals surface area (Å²) in [5.41, 5.74) is 1.10. The molecule has 0 radical (unpaired) electrons. The predicted molar refractivity (Wildman–Crippen MR) is 67.8 cm³/mol. The number of halogens is 2. The second-order valence-electron chi connectivity index (χ2n) is 3.56. The van der Waals surface area contributed by atoms with Gasteiger partial charge in [-0.3, -0.25) is 0 Å². The Labute approximate surface area is 102 Å². The number of rotatable bonds is 5. The predicted octanol–water partition coefficient (Wildman–Crippen LogP) is 4.44. The van der Waals surface area contributed by atoms with Crippen LogP contribution in [0.4, 0.5) is 0 Å². The topological polar surface area (TPSA) is 12.0 Å². The highest BCUT2D eigenvalue weighted by Crippen LogP contribution is 2.31. The van der Waals surface area contributed by atoms with Crippen molar-refractivity contribution < 1.29 is 0 Å². The van der Waals surface area contributed by atoms with Gasteiger partial charge in [0.05, 0.1) is 10.0 Å². The Morgan fingerprint density at radius 2 is 2.00 bits per heavy atom. The van der Waals surface area contributed by atoms with E-state index in [1.165, 1.54) is 0 Å². The second-order valence-corrected chi connectivity index (χ2v) is 4.34. The standard InChI is InChI=1S/C12H17Cl2N/c1-3-8-15-11(4-2)9-6-5-7-10(13)12(9)14/h5-7,11,15H,3-4,8H2,1-2H3/t11-/m0/s1. The molecule has 1 rings (SSSR count). The first-order chi connectivity index (χ1) is 7.20. The minimum absolute atomic E-state index is 0.302. The zero-order valence-corrected chi connectivity index (χ0v) is 10.7. The van der Waals surface area contributed by atoms with E-state index in [-0.39, 0.29) is 0 Å². The third-order valence-corrected chi connectivity index (χ3v) is 3.24. The van der Waals surface area contributed by atoms with Gasteiger partial charge in [0.25, 0.3) is 0 Å². The van der Waals surface area contributed by atoms with Crippen LogP contribution in [0.1, 0.15) is 38.3 Å². The van der Waals surface area contributed by atoms with Crippen LogP contribution in [0.25, 0.3) is 0 Å². The van der Waals surface area contributed by atoms with Crippen molar-refractivity contribution in [2.75, 3.05) is 6.54 Å². The van der Waals surface area contributed by atoms with Gasteiger partial charge in [-0.2, -0.15) is 0 Å². The third-order valence-electron chi connectivity index (χ3n) is 2.41. The summed E-state index contributed by atoms with van der Waals surface area (Å²) in [6, 6.07) is 6.10. The van der Waals surface area contributed by atoms with Crippen LogP contribution < -0.4 is 5.32 Å². The molecule has 1 nitrogen and oxygen atoms in total. The zero-order chi connectivity index (χ0) is 11.3. The molecule has 0 saturated carbocycles. The van der Waals surface area contributed by atoms with Crippen molar-refractivity contribution >= 4 is 23.2 Å². The molecule has 0 unspecified atom stereocenters. The van der Waals surface area contributed by atoms with Crippen molar-refractivity contribution in [2.45, 2.75) is 32.7 Å². The van der Waals surface area contributed by atoms with E-state index in [0.717, 1.165) is 24.9 Å². The molecule has 0 spiro atoms. The van der Waals surface area contributed by atoms with Gasteiger partial charge in [0.2, 0.25) is 0 Å². The molecule has 84 valence electrons. The van der Waals surface area contributed by atoms with Gasteiger partial charge in [0, 0.05) is 6.04 Å². The highest BCUT2D eigenvalue weighted by Gasteiger charge is 2.13. The van der Waals surface area contributed by atoms with Gasteiger partial charge < -0.3 is 5.32 Å². The Morgan fingerprint density at radius 1 is 1.27 bits per heavy atom. The maximum absolute atomic E-state index is 6.17. The van der Waals surface area contributed by atoms with E-state index in [2.05, 4.69) is 19.2 Å². The molecule has 1 aromatic rings. The molecule has 15 heavy (non-hydrogen) atoms. The quantitative estimate of drug-likeness (QED) is 0.809. The Kier molecular flexibility index (Phi) is 5.44. The number of hydrogen-bond donors (Lipinski definition) is 1. The summed E-state index contributed by atoms with van der Waals surface area (Å²) in [5, 5.41) is 4.77. The first-order valence-electron chi connectivity index (χ1n) is 5.38. The lowest BCUT2D eigenvalue weighted by Crippen LogP contribution is -2.21. The lowest BCUT2D eigenvalue weighted by molar-refractivity contribution is 0.518. The summed E-state index contributed by atoms with van der Waals surface area (Å²) >= 11 is 12.2. The Morgan fingerprint density at radius 3 is 2.60 bits per heavy atom. The number of nitrogens with one attached hydrogen (secondary N) is 1. The van der Waals surface area contributed by atoms with Crippen LogP contribution in [0.3, 0.4) is 0 Å². The molecule has 0 aliphatic heterocycles. The average molecular weight is 246 g/mol. The smallest absolute Gasteiger partial charge is 0.0640 e. The molecule has 0 aromatic heterocycles. The van der Waals surface area contributed by atoms with E-state index in [0.29, 0.717) is 16.1 Å². The molecule has 1 aromatic carbocycles. The molecule has 1 atom stereocenters. The summed E-state index contributed by atoms with van der Waals surface area (Å²) in [5.74, 6) is 0. The SMILES string of the molecule is CCCN[C@@H](CC)c1cccc(Cl)c1Cl. The van der Waals surface area contributed by atoms with Crippen molar-refractivity contribution in [3.05, 3.63) is 33.8 Å². The van der Waals surface area contributed by atoms with Crippen LogP contribution in [0.15, 0.2) is 18.2 Å². The molecule has 0 saturated heterocycles. The summed E-state index contributed by atoms with van der Waals surface area (Å²) in [6.45, 7) is 5.30. The molecule has 0 aliphatic carbocycles. The Bertz CT molecular complexity index is 312. The van der Waals surface area contributed by atoms with Crippen LogP contribution in [0.5, 0.6) is 0 Å². The molecule has 0 fully saturated rings. The fraction of sp³-hybridized carbons (Fsp3) is 0.500. The van der Waals surface area contributed by atoms with Gasteiger partial charge in [-0.1, -0.05) is 49.2 Å². The monoisotopic (exact) mass is 245 g/mol. The minimum Gasteiger partial charge on any atom is -0.310 e. The molecule has 3 heteroatoms. The van der Waals surface area contributed by atoms with E-state index in [1.54, 1.807) is 0 Å². The minimum atomic E-state index is 0.302. The maximum atomic E-state index is 6.17. The van der Waals surface area contributed by atoms with E-state index >= 15 is 0 Å². The van der Waals surface area contributed by atoms with Gasteiger partial charge in [-0.15, -0.1) is 0 Å². The van der Waals surface area contributed by atoms with Gasteiger partial charge in [-0.25, -0.2) is 0 Å². The molecule has 0 heterocycles. The third kappa shape index (κ3) is 3.37. The van der Waals surface area contributed by atoms with Crippen LogP contribution in [0, 0.1) is 0 Å². The van der Waals surface area contributed by atoms with Crippen molar-refractivity contribution in [1.29, 1.82) is 0 Å². The van der Waals surface area contributed by atoms with E-state index in [9.17, 15) is 0 Å². The molecule has 0 aliphatic rings. The van der Waals surface area contributed by atoms with Gasteiger partial charge >= 0.3 is 0 Å². The summed E-state index contributed by atoms with van der Waals surface area (Å²) in [7, 11) is 0. The number of benzene rings is 1. The van der Waals surface area contributed by atoms with Gasteiger partial charge in [-0.05, 0) is 31.0 Å². The van der Waals surface area contributed by atoms with Crippen molar-refractivity contribution in [3.8, 4) is 0 Å². The normalized spacial score (nSPS) is 12.8. The van der Waals surface area contributed by atoms with E-state index in [1.807, 2.05) is 18.2 Å². The fourth-order valence-electron chi connectivity index (χ4n) is 1.58. The van der Waals surface area contributed by atoms with Crippen LogP contribution in [-0.4, -0.2) is 6.54 Å². The van der Waals surface area contributed by atoms with Gasteiger partial charge in [0.1, 0.15) is 0 Å². The molecule has 0 bridgehead atoms. The number of hydrogen-bond acceptors (Lipinski definition) is 1. The Hall–Kier alpha value is -0.240. The van der Waals surface area contributed by atoms with E-state index in [4.69, 9.17) is 23.2 Å². The maximum Gasteiger partial charge on any atom is 0.0640 e. The molecular formula is C12H17Cl2N. The molecule has 1 N–H and O–H groups in total. The highest BCUT2D eigenvalue weighted by molar-refractivity contribution is 6.42. The van der Waals surface area contributed by atoms with Crippen molar-refractivity contribution in [1.82, 2.24) is 5.32 Å². The summed E-state index contributed by atoms with van der Waals surface area (Å²) in [4.78, 5) is 0.